The maximum atomic E-state index is 13.4. The summed E-state index contributed by atoms with van der Waals surface area (Å²) in [6, 6.07) is 16.9. The average molecular weight is 570 g/mol. The third-order valence-corrected chi connectivity index (χ3v) is 6.68. The van der Waals surface area contributed by atoms with Crippen molar-refractivity contribution in [2.75, 3.05) is 4.90 Å². The number of benzene rings is 3. The van der Waals surface area contributed by atoms with E-state index in [1.54, 1.807) is 59.5 Å². The number of ether oxygens (including phenoxy) is 2. The number of aromatic hydroxyl groups is 1. The molecule has 1 saturated heterocycles. The van der Waals surface area contributed by atoms with Gasteiger partial charge in [0.2, 0.25) is 5.91 Å². The summed E-state index contributed by atoms with van der Waals surface area (Å²) in [4.78, 5) is 38.0. The lowest BCUT2D eigenvalue weighted by molar-refractivity contribution is -0.147. The molecule has 0 aromatic heterocycles. The van der Waals surface area contributed by atoms with Gasteiger partial charge in [-0.15, -0.1) is 0 Å². The predicted octanol–water partition coefficient (Wildman–Crippen LogP) is 6.01. The van der Waals surface area contributed by atoms with E-state index in [4.69, 9.17) is 9.47 Å². The van der Waals surface area contributed by atoms with Crippen LogP contribution in [-0.4, -0.2) is 23.0 Å². The number of rotatable bonds is 8. The minimum Gasteiger partial charge on any atom is -0.508 e. The quantitative estimate of drug-likeness (QED) is 0.203. The topological polar surface area (TPSA) is 93.1 Å². The van der Waals surface area contributed by atoms with Crippen LogP contribution in [0.5, 0.6) is 11.5 Å². The van der Waals surface area contributed by atoms with E-state index in [-0.39, 0.29) is 11.7 Å². The first kappa shape index (κ1) is 26.3. The van der Waals surface area contributed by atoms with E-state index in [9.17, 15) is 23.9 Å². The fraction of sp³-hybridized carbons (Fsp3) is 0.250. The molecular formula is C28H25BrFNO6. The van der Waals surface area contributed by atoms with Crippen molar-refractivity contribution < 1.29 is 33.4 Å². The van der Waals surface area contributed by atoms with Gasteiger partial charge in [0.1, 0.15) is 23.4 Å². The molecule has 37 heavy (non-hydrogen) atoms. The minimum absolute atomic E-state index is 0.0356. The van der Waals surface area contributed by atoms with E-state index in [1.165, 1.54) is 26.0 Å². The van der Waals surface area contributed by atoms with E-state index in [0.717, 1.165) is 0 Å². The Morgan fingerprint density at radius 3 is 2.30 bits per heavy atom. The lowest BCUT2D eigenvalue weighted by atomic mass is 9.78. The van der Waals surface area contributed by atoms with Crippen molar-refractivity contribution in [1.29, 1.82) is 0 Å². The highest BCUT2D eigenvalue weighted by Crippen LogP contribution is 2.49. The molecule has 0 spiro atoms. The van der Waals surface area contributed by atoms with Crippen molar-refractivity contribution in [2.45, 2.75) is 38.8 Å². The Balaban J connectivity index is 1.61. The number of nitrogens with zero attached hydrogens (tertiary/aromatic N) is 1. The molecule has 1 fully saturated rings. The molecule has 1 N–H and O–H groups in total. The van der Waals surface area contributed by atoms with E-state index >= 15 is 0 Å². The average Bonchev–Trinajstić information content (AvgIpc) is 2.83. The number of carbonyl (C=O) groups is 3. The molecule has 192 valence electrons. The maximum absolute atomic E-state index is 13.4. The number of carbonyl (C=O) groups excluding carboxylic acids is 3. The van der Waals surface area contributed by atoms with Crippen LogP contribution in [0.1, 0.15) is 50.0 Å². The van der Waals surface area contributed by atoms with Crippen molar-refractivity contribution in [3.8, 4) is 11.5 Å². The zero-order valence-corrected chi connectivity index (χ0v) is 21.8. The fourth-order valence-corrected chi connectivity index (χ4v) is 4.93. The third kappa shape index (κ3) is 5.99. The van der Waals surface area contributed by atoms with Gasteiger partial charge in [0, 0.05) is 29.6 Å². The number of phenols is 1. The Morgan fingerprint density at radius 1 is 1.03 bits per heavy atom. The molecular weight excluding hydrogens is 545 g/mol. The first-order chi connectivity index (χ1) is 17.6. The van der Waals surface area contributed by atoms with Crippen LogP contribution < -0.4 is 9.64 Å². The minimum atomic E-state index is -0.651. The van der Waals surface area contributed by atoms with Crippen molar-refractivity contribution in [1.82, 2.24) is 0 Å². The van der Waals surface area contributed by atoms with Crippen molar-refractivity contribution in [3.63, 3.8) is 0 Å². The lowest BCUT2D eigenvalue weighted by Crippen LogP contribution is -2.55. The van der Waals surface area contributed by atoms with Gasteiger partial charge in [-0.05, 0) is 66.9 Å². The molecule has 9 heteroatoms. The van der Waals surface area contributed by atoms with Gasteiger partial charge >= 0.3 is 11.9 Å². The second kappa shape index (κ2) is 11.1. The van der Waals surface area contributed by atoms with Gasteiger partial charge in [0.05, 0.1) is 12.0 Å². The summed E-state index contributed by atoms with van der Waals surface area (Å²) < 4.78 is 24.7. The number of hydrogen-bond acceptors (Lipinski definition) is 6. The van der Waals surface area contributed by atoms with Gasteiger partial charge < -0.3 is 19.5 Å². The fourth-order valence-electron chi connectivity index (χ4n) is 4.58. The molecule has 3 atom stereocenters. The molecule has 3 aromatic carbocycles. The van der Waals surface area contributed by atoms with Crippen LogP contribution in [-0.2, 0) is 19.1 Å². The molecule has 1 heterocycles. The van der Waals surface area contributed by atoms with Gasteiger partial charge in [-0.3, -0.25) is 14.4 Å². The molecule has 0 unspecified atom stereocenters. The zero-order chi connectivity index (χ0) is 26.7. The Hall–Kier alpha value is -3.72. The number of amides is 1. The number of halogens is 2. The summed E-state index contributed by atoms with van der Waals surface area (Å²) in [5.74, 6) is -1.60. The monoisotopic (exact) mass is 569 g/mol. The van der Waals surface area contributed by atoms with Gasteiger partial charge in [-0.2, -0.15) is 0 Å². The number of hydrogen-bond donors (Lipinski definition) is 1. The van der Waals surface area contributed by atoms with E-state index < -0.39 is 35.8 Å². The molecule has 0 saturated carbocycles. The standard InChI is InChI=1S/C28H25BrFNO6/c1-16(32)36-22-10-8-21(9-11-22)31-27(23-12-5-19(29)15-25(23)34)24(28(31)35)13-14-26(37-17(2)33)18-3-6-20(30)7-4-18/h3-12,15,24,26-27,34H,13-14H2,1-2H3/t24-,26+,27-/m1/s1. The molecule has 3 aromatic rings. The molecule has 7 nitrogen and oxygen atoms in total. The van der Waals surface area contributed by atoms with Crippen LogP contribution in [0.4, 0.5) is 10.1 Å². The lowest BCUT2D eigenvalue weighted by Gasteiger charge is -2.48. The molecule has 4 rings (SSSR count). The molecule has 0 radical (unpaired) electrons. The summed E-state index contributed by atoms with van der Waals surface area (Å²) >= 11 is 3.35. The maximum Gasteiger partial charge on any atom is 0.308 e. The van der Waals surface area contributed by atoms with Gasteiger partial charge in [-0.1, -0.05) is 34.1 Å². The van der Waals surface area contributed by atoms with E-state index in [2.05, 4.69) is 15.9 Å². The summed E-state index contributed by atoms with van der Waals surface area (Å²) in [6.07, 6.45) is 0.0347. The molecule has 1 aliphatic heterocycles. The van der Waals surface area contributed by atoms with Crippen molar-refractivity contribution in [3.05, 3.63) is 88.1 Å². The summed E-state index contributed by atoms with van der Waals surface area (Å²) in [5, 5.41) is 10.7. The first-order valence-electron chi connectivity index (χ1n) is 11.7. The van der Waals surface area contributed by atoms with Gasteiger partial charge in [0.15, 0.2) is 0 Å². The van der Waals surface area contributed by atoms with Crippen LogP contribution in [0, 0.1) is 11.7 Å². The second-order valence-corrected chi connectivity index (χ2v) is 9.69. The predicted molar refractivity (Wildman–Crippen MR) is 137 cm³/mol. The summed E-state index contributed by atoms with van der Waals surface area (Å²) in [6.45, 7) is 2.60. The molecule has 1 amide bonds. The number of esters is 2. The van der Waals surface area contributed by atoms with Crippen molar-refractivity contribution in [2.24, 2.45) is 5.92 Å². The summed E-state index contributed by atoms with van der Waals surface area (Å²) in [7, 11) is 0. The van der Waals surface area contributed by atoms with Crippen LogP contribution >= 0.6 is 15.9 Å². The summed E-state index contributed by atoms with van der Waals surface area (Å²) in [5.41, 5.74) is 1.78. The highest BCUT2D eigenvalue weighted by atomic mass is 79.9. The van der Waals surface area contributed by atoms with Crippen LogP contribution in [0.2, 0.25) is 0 Å². The van der Waals surface area contributed by atoms with Gasteiger partial charge in [0.25, 0.3) is 0 Å². The number of phenolic OH excluding ortho intramolecular Hbond substituents is 1. The number of anilines is 1. The Morgan fingerprint density at radius 2 is 1.70 bits per heavy atom. The molecule has 0 bridgehead atoms. The Labute approximate surface area is 221 Å². The molecule has 0 aliphatic carbocycles. The van der Waals surface area contributed by atoms with Crippen LogP contribution in [0.3, 0.4) is 0 Å². The molecule has 1 aliphatic rings. The smallest absolute Gasteiger partial charge is 0.308 e. The largest absolute Gasteiger partial charge is 0.508 e. The van der Waals surface area contributed by atoms with Crippen LogP contribution in [0.25, 0.3) is 0 Å². The van der Waals surface area contributed by atoms with E-state index in [0.29, 0.717) is 39.9 Å². The second-order valence-electron chi connectivity index (χ2n) is 8.78. The third-order valence-electron chi connectivity index (χ3n) is 6.19. The zero-order valence-electron chi connectivity index (χ0n) is 20.2. The van der Waals surface area contributed by atoms with Gasteiger partial charge in [-0.25, -0.2) is 4.39 Å². The Bertz CT molecular complexity index is 1310. The SMILES string of the molecule is CC(=O)Oc1ccc(N2C(=O)[C@H](CC[C@H](OC(C)=O)c3ccc(F)cc3)[C@H]2c2ccc(Br)cc2O)cc1. The Kier molecular flexibility index (Phi) is 7.92. The first-order valence-corrected chi connectivity index (χ1v) is 12.5. The van der Waals surface area contributed by atoms with Crippen LogP contribution in [0.15, 0.2) is 71.2 Å². The highest BCUT2D eigenvalue weighted by molar-refractivity contribution is 9.10. The van der Waals surface area contributed by atoms with E-state index in [1.807, 2.05) is 0 Å². The van der Waals surface area contributed by atoms with Crippen molar-refractivity contribution >= 4 is 39.5 Å². The highest BCUT2D eigenvalue weighted by Gasteiger charge is 2.49. The normalized spacial score (nSPS) is 17.6. The number of β-lactam (4-membered cyclic amide) rings is 1.